The Kier molecular flexibility index (Phi) is 7.34. The number of hydrogen-bond acceptors (Lipinski definition) is 3. The van der Waals surface area contributed by atoms with E-state index in [1.165, 1.54) is 0 Å². The zero-order valence-electron chi connectivity index (χ0n) is 12.5. The number of carbonyl (C=O) groups excluding carboxylic acids is 1. The summed E-state index contributed by atoms with van der Waals surface area (Å²) in [6.45, 7) is 0.265. The summed E-state index contributed by atoms with van der Waals surface area (Å²) in [5, 5.41) is 11.3. The maximum atomic E-state index is 12.5. The second kappa shape index (κ2) is 8.75. The van der Waals surface area contributed by atoms with E-state index < -0.39 is 18.6 Å². The predicted octanol–water partition coefficient (Wildman–Crippen LogP) is 2.43. The van der Waals surface area contributed by atoms with Gasteiger partial charge in [-0.15, -0.1) is 0 Å². The van der Waals surface area contributed by atoms with Crippen LogP contribution in [0, 0.1) is 0 Å². The Morgan fingerprint density at radius 1 is 1.27 bits per heavy atom. The molecule has 1 aromatic carbocycles. The van der Waals surface area contributed by atoms with Crippen molar-refractivity contribution in [1.82, 2.24) is 4.90 Å². The Morgan fingerprint density at radius 2 is 1.91 bits per heavy atom. The van der Waals surface area contributed by atoms with Gasteiger partial charge < -0.3 is 10.4 Å². The molecule has 7 heteroatoms. The van der Waals surface area contributed by atoms with Crippen molar-refractivity contribution in [2.75, 3.05) is 31.6 Å². The van der Waals surface area contributed by atoms with E-state index in [1.807, 2.05) is 19.1 Å². The van der Waals surface area contributed by atoms with Crippen molar-refractivity contribution in [2.24, 2.45) is 0 Å². The molecule has 1 aromatic rings. The average Bonchev–Trinajstić information content (AvgIpc) is 2.44. The highest BCUT2D eigenvalue weighted by molar-refractivity contribution is 5.92. The van der Waals surface area contributed by atoms with E-state index in [0.29, 0.717) is 5.69 Å². The van der Waals surface area contributed by atoms with Crippen LogP contribution in [0.4, 0.5) is 18.9 Å². The number of aryl methyl sites for hydroxylation is 1. The number of rotatable bonds is 8. The molecule has 0 aromatic heterocycles. The van der Waals surface area contributed by atoms with Gasteiger partial charge in [-0.3, -0.25) is 9.69 Å². The van der Waals surface area contributed by atoms with Crippen LogP contribution in [0.15, 0.2) is 24.3 Å². The molecular formula is C15H21F3N2O2. The maximum absolute atomic E-state index is 12.5. The van der Waals surface area contributed by atoms with Gasteiger partial charge in [0.2, 0.25) is 5.91 Å². The minimum atomic E-state index is -4.38. The van der Waals surface area contributed by atoms with Gasteiger partial charge in [-0.1, -0.05) is 19.1 Å². The van der Waals surface area contributed by atoms with Crippen LogP contribution < -0.4 is 5.32 Å². The van der Waals surface area contributed by atoms with Gasteiger partial charge in [-0.25, -0.2) is 0 Å². The van der Waals surface area contributed by atoms with Crippen molar-refractivity contribution in [3.8, 4) is 0 Å². The number of nitrogens with one attached hydrogen (secondary N) is 1. The highest BCUT2D eigenvalue weighted by Crippen LogP contribution is 2.17. The van der Waals surface area contributed by atoms with Crippen molar-refractivity contribution in [3.63, 3.8) is 0 Å². The molecule has 0 fully saturated rings. The number of nitrogens with zero attached hydrogens (tertiary/aromatic N) is 1. The van der Waals surface area contributed by atoms with Gasteiger partial charge in [0.1, 0.15) is 0 Å². The van der Waals surface area contributed by atoms with Crippen molar-refractivity contribution < 1.29 is 23.1 Å². The van der Waals surface area contributed by atoms with Crippen LogP contribution in [0.5, 0.6) is 0 Å². The summed E-state index contributed by atoms with van der Waals surface area (Å²) < 4.78 is 37.4. The van der Waals surface area contributed by atoms with Gasteiger partial charge in [0.25, 0.3) is 0 Å². The summed E-state index contributed by atoms with van der Waals surface area (Å²) in [7, 11) is 0. The second-order valence-electron chi connectivity index (χ2n) is 5.00. The number of aliphatic hydroxyl groups is 1. The van der Waals surface area contributed by atoms with Crippen LogP contribution in [-0.4, -0.2) is 48.3 Å². The lowest BCUT2D eigenvalue weighted by Crippen LogP contribution is -2.40. The molecule has 124 valence electrons. The first kappa shape index (κ1) is 18.4. The zero-order chi connectivity index (χ0) is 16.6. The highest BCUT2D eigenvalue weighted by Gasteiger charge is 2.31. The second-order valence-corrected chi connectivity index (χ2v) is 5.00. The molecule has 2 N–H and O–H groups in total. The molecule has 0 atom stereocenters. The van der Waals surface area contributed by atoms with E-state index in [-0.39, 0.29) is 26.1 Å². The summed E-state index contributed by atoms with van der Waals surface area (Å²) in [6, 6.07) is 7.15. The normalized spacial score (nSPS) is 11.7. The molecule has 0 aliphatic carbocycles. The molecule has 1 amide bonds. The molecule has 4 nitrogen and oxygen atoms in total. The monoisotopic (exact) mass is 318 g/mol. The van der Waals surface area contributed by atoms with Crippen molar-refractivity contribution in [3.05, 3.63) is 29.8 Å². The third-order valence-electron chi connectivity index (χ3n) is 3.05. The number of alkyl halides is 3. The molecule has 0 aliphatic rings. The van der Waals surface area contributed by atoms with E-state index in [4.69, 9.17) is 5.11 Å². The summed E-state index contributed by atoms with van der Waals surface area (Å²) in [5.74, 6) is -0.508. The third-order valence-corrected chi connectivity index (χ3v) is 3.05. The fourth-order valence-electron chi connectivity index (χ4n) is 1.99. The fraction of sp³-hybridized carbons (Fsp3) is 0.533. The number of halogens is 3. The Morgan fingerprint density at radius 3 is 2.41 bits per heavy atom. The number of anilines is 1. The molecular weight excluding hydrogens is 297 g/mol. The number of benzene rings is 1. The lowest BCUT2D eigenvalue weighted by atomic mass is 10.1. The summed E-state index contributed by atoms with van der Waals surface area (Å²) in [5.41, 5.74) is 1.66. The number of amides is 1. The first-order chi connectivity index (χ1) is 10.3. The first-order valence-corrected chi connectivity index (χ1v) is 7.13. The van der Waals surface area contributed by atoms with Crippen molar-refractivity contribution in [2.45, 2.75) is 25.9 Å². The standard InChI is InChI=1S/C15H21F3N2O2/c1-2-12-4-6-13(7-5-12)19-14(22)10-20(8-3-9-21)11-15(16,17)18/h4-7,21H,2-3,8-11H2,1H3,(H,19,22). The smallest absolute Gasteiger partial charge is 0.396 e. The minimum absolute atomic E-state index is 0.0121. The van der Waals surface area contributed by atoms with Crippen LogP contribution in [0.25, 0.3) is 0 Å². The zero-order valence-corrected chi connectivity index (χ0v) is 12.5. The molecule has 0 spiro atoms. The number of hydrogen-bond donors (Lipinski definition) is 2. The summed E-state index contributed by atoms with van der Waals surface area (Å²) in [6.07, 6.45) is -3.32. The largest absolute Gasteiger partial charge is 0.401 e. The van der Waals surface area contributed by atoms with Gasteiger partial charge in [0.15, 0.2) is 0 Å². The molecule has 0 unspecified atom stereocenters. The van der Waals surface area contributed by atoms with Crippen LogP contribution in [0.3, 0.4) is 0 Å². The van der Waals surface area contributed by atoms with Crippen LogP contribution >= 0.6 is 0 Å². The van der Waals surface area contributed by atoms with Gasteiger partial charge in [0.05, 0.1) is 13.1 Å². The molecule has 0 aliphatic heterocycles. The SMILES string of the molecule is CCc1ccc(NC(=O)CN(CCCO)CC(F)(F)F)cc1. The van der Waals surface area contributed by atoms with Gasteiger partial charge in [0, 0.05) is 18.8 Å². The van der Waals surface area contributed by atoms with Crippen molar-refractivity contribution >= 4 is 11.6 Å². The molecule has 22 heavy (non-hydrogen) atoms. The molecule has 1 rings (SSSR count). The minimum Gasteiger partial charge on any atom is -0.396 e. The molecule has 0 saturated carbocycles. The highest BCUT2D eigenvalue weighted by atomic mass is 19.4. The molecule has 0 bridgehead atoms. The topological polar surface area (TPSA) is 52.6 Å². The van der Waals surface area contributed by atoms with E-state index in [1.54, 1.807) is 12.1 Å². The van der Waals surface area contributed by atoms with Crippen LogP contribution in [-0.2, 0) is 11.2 Å². The van der Waals surface area contributed by atoms with E-state index >= 15 is 0 Å². The Hall–Kier alpha value is -1.60. The van der Waals surface area contributed by atoms with E-state index in [9.17, 15) is 18.0 Å². The first-order valence-electron chi connectivity index (χ1n) is 7.13. The lowest BCUT2D eigenvalue weighted by molar-refractivity contribution is -0.148. The van der Waals surface area contributed by atoms with Crippen molar-refractivity contribution in [1.29, 1.82) is 0 Å². The molecule has 0 saturated heterocycles. The Balaban J connectivity index is 2.57. The van der Waals surface area contributed by atoms with Crippen LogP contribution in [0.2, 0.25) is 0 Å². The number of aliphatic hydroxyl groups excluding tert-OH is 1. The third kappa shape index (κ3) is 7.42. The molecule has 0 radical (unpaired) electrons. The van der Waals surface area contributed by atoms with Gasteiger partial charge in [-0.2, -0.15) is 13.2 Å². The quantitative estimate of drug-likeness (QED) is 0.774. The lowest BCUT2D eigenvalue weighted by Gasteiger charge is -2.22. The van der Waals surface area contributed by atoms with E-state index in [0.717, 1.165) is 16.9 Å². The van der Waals surface area contributed by atoms with E-state index in [2.05, 4.69) is 5.32 Å². The summed E-state index contributed by atoms with van der Waals surface area (Å²) >= 11 is 0. The fourth-order valence-corrected chi connectivity index (χ4v) is 1.99. The molecule has 0 heterocycles. The Bertz CT molecular complexity index is 461. The summed E-state index contributed by atoms with van der Waals surface area (Å²) in [4.78, 5) is 12.8. The Labute approximate surface area is 127 Å². The predicted molar refractivity (Wildman–Crippen MR) is 78.6 cm³/mol. The van der Waals surface area contributed by atoms with Gasteiger partial charge >= 0.3 is 6.18 Å². The maximum Gasteiger partial charge on any atom is 0.401 e. The van der Waals surface area contributed by atoms with Crippen LogP contribution in [0.1, 0.15) is 18.9 Å². The van der Waals surface area contributed by atoms with Gasteiger partial charge in [-0.05, 0) is 30.5 Å². The number of carbonyl (C=O) groups is 1. The average molecular weight is 318 g/mol.